The number of hydrogen-bond acceptors (Lipinski definition) is 6. The number of hydrogen-bond donors (Lipinski definition) is 4. The van der Waals surface area contributed by atoms with Crippen LogP contribution in [0.5, 0.6) is 0 Å². The number of aromatic nitrogens is 2. The number of thiophene rings is 1. The molecular formula is C11H12N2O5S. The highest BCUT2D eigenvalue weighted by Gasteiger charge is 2.35. The van der Waals surface area contributed by atoms with E-state index in [4.69, 9.17) is 9.84 Å². The van der Waals surface area contributed by atoms with Gasteiger partial charge < -0.3 is 19.9 Å². The maximum atomic E-state index is 11.6. The molecule has 4 N–H and O–H groups in total. The molecule has 1 aliphatic heterocycles. The first-order valence-corrected chi connectivity index (χ1v) is 6.66. The Labute approximate surface area is 110 Å². The van der Waals surface area contributed by atoms with E-state index in [1.54, 1.807) is 5.38 Å². The van der Waals surface area contributed by atoms with Crippen LogP contribution in [0.25, 0.3) is 10.2 Å². The van der Waals surface area contributed by atoms with E-state index in [1.165, 1.54) is 11.3 Å². The third-order valence-electron chi connectivity index (χ3n) is 3.24. The number of rotatable bonds is 2. The second-order valence-corrected chi connectivity index (χ2v) is 5.33. The lowest BCUT2D eigenvalue weighted by Crippen LogP contribution is -2.24. The van der Waals surface area contributed by atoms with Crippen molar-refractivity contribution in [3.63, 3.8) is 0 Å². The molecule has 1 fully saturated rings. The maximum absolute atomic E-state index is 11.6. The molecule has 0 radical (unpaired) electrons. The fourth-order valence-corrected chi connectivity index (χ4v) is 3.26. The molecule has 0 aromatic carbocycles. The van der Waals surface area contributed by atoms with E-state index in [9.17, 15) is 14.7 Å². The van der Waals surface area contributed by atoms with E-state index in [1.807, 2.05) is 0 Å². The molecule has 1 aliphatic rings. The van der Waals surface area contributed by atoms with Crippen LogP contribution in [0, 0.1) is 0 Å². The summed E-state index contributed by atoms with van der Waals surface area (Å²) < 4.78 is 5.94. The summed E-state index contributed by atoms with van der Waals surface area (Å²) >= 11 is 1.21. The summed E-state index contributed by atoms with van der Waals surface area (Å²) in [6.45, 7) is -0.267. The molecule has 3 heterocycles. The summed E-state index contributed by atoms with van der Waals surface area (Å²) in [6, 6.07) is 0. The Bertz CT molecular complexity index is 718. The minimum atomic E-state index is -0.751. The van der Waals surface area contributed by atoms with Crippen molar-refractivity contribution in [3.05, 3.63) is 31.8 Å². The second kappa shape index (κ2) is 4.57. The van der Waals surface area contributed by atoms with Crippen molar-refractivity contribution in [2.45, 2.75) is 24.7 Å². The molecule has 1 saturated heterocycles. The molecule has 0 bridgehead atoms. The summed E-state index contributed by atoms with van der Waals surface area (Å²) in [7, 11) is 0. The maximum Gasteiger partial charge on any atom is 0.326 e. The first-order chi connectivity index (χ1) is 9.10. The van der Waals surface area contributed by atoms with Crippen LogP contribution in [0.3, 0.4) is 0 Å². The Balaban J connectivity index is 2.07. The van der Waals surface area contributed by atoms with Crippen molar-refractivity contribution in [2.24, 2.45) is 0 Å². The number of H-pyrrole nitrogens is 2. The van der Waals surface area contributed by atoms with Gasteiger partial charge in [-0.2, -0.15) is 0 Å². The number of aliphatic hydroxyl groups is 2. The zero-order valence-corrected chi connectivity index (χ0v) is 10.6. The van der Waals surface area contributed by atoms with Gasteiger partial charge >= 0.3 is 5.69 Å². The third kappa shape index (κ3) is 2.02. The number of nitrogens with one attached hydrogen (secondary N) is 2. The van der Waals surface area contributed by atoms with Gasteiger partial charge in [-0.1, -0.05) is 0 Å². The standard InChI is InChI=1S/C11H12N2O5S/c14-2-7-5(15)1-6(18-7)4-3-19-9-8(4)12-11(17)13-10(9)16/h3,5-7,14-15H,1-2H2,(H2,12,13,16,17)/t5-,6+,7+/m0/s1. The van der Waals surface area contributed by atoms with Gasteiger partial charge in [-0.05, 0) is 5.38 Å². The van der Waals surface area contributed by atoms with Gasteiger partial charge in [0.2, 0.25) is 0 Å². The van der Waals surface area contributed by atoms with Gasteiger partial charge in [0.25, 0.3) is 5.56 Å². The van der Waals surface area contributed by atoms with Gasteiger partial charge in [-0.3, -0.25) is 9.78 Å². The number of aromatic amines is 2. The highest BCUT2D eigenvalue weighted by molar-refractivity contribution is 7.17. The third-order valence-corrected chi connectivity index (χ3v) is 4.24. The highest BCUT2D eigenvalue weighted by atomic mass is 32.1. The smallest absolute Gasteiger partial charge is 0.326 e. The molecular weight excluding hydrogens is 272 g/mol. The molecule has 2 aromatic rings. The average Bonchev–Trinajstić information content (AvgIpc) is 2.92. The number of fused-ring (bicyclic) bond motifs is 1. The van der Waals surface area contributed by atoms with Crippen molar-refractivity contribution >= 4 is 21.6 Å². The number of aliphatic hydroxyl groups excluding tert-OH is 2. The zero-order valence-electron chi connectivity index (χ0n) is 9.75. The van der Waals surface area contributed by atoms with Gasteiger partial charge in [0, 0.05) is 12.0 Å². The zero-order chi connectivity index (χ0) is 13.6. The molecule has 8 heteroatoms. The Morgan fingerprint density at radius 1 is 1.42 bits per heavy atom. The quantitative estimate of drug-likeness (QED) is 0.591. The fraction of sp³-hybridized carbons (Fsp3) is 0.455. The second-order valence-electron chi connectivity index (χ2n) is 4.45. The van der Waals surface area contributed by atoms with E-state index in [-0.39, 0.29) is 6.61 Å². The fourth-order valence-electron chi connectivity index (χ4n) is 2.30. The SMILES string of the molecule is O=c1[nH]c(=O)c2scc([C@H]3C[C@H](O)[C@@H](CO)O3)c2[nH]1. The van der Waals surface area contributed by atoms with Crippen molar-refractivity contribution in [3.8, 4) is 0 Å². The Morgan fingerprint density at radius 2 is 2.21 bits per heavy atom. The minimum Gasteiger partial charge on any atom is -0.394 e. The Morgan fingerprint density at radius 3 is 2.89 bits per heavy atom. The van der Waals surface area contributed by atoms with Crippen LogP contribution in [0.4, 0.5) is 0 Å². The molecule has 0 aliphatic carbocycles. The van der Waals surface area contributed by atoms with Crippen LogP contribution in [-0.2, 0) is 4.74 Å². The molecule has 0 spiro atoms. The molecule has 19 heavy (non-hydrogen) atoms. The molecule has 0 saturated carbocycles. The van der Waals surface area contributed by atoms with Crippen molar-refractivity contribution in [1.82, 2.24) is 9.97 Å². The summed E-state index contributed by atoms with van der Waals surface area (Å²) in [5, 5.41) is 20.5. The summed E-state index contributed by atoms with van der Waals surface area (Å²) in [5.41, 5.74) is 0.0920. The lowest BCUT2D eigenvalue weighted by molar-refractivity contribution is -0.0221. The van der Waals surface area contributed by atoms with E-state index in [0.29, 0.717) is 22.2 Å². The van der Waals surface area contributed by atoms with Gasteiger partial charge in [-0.25, -0.2) is 4.79 Å². The Hall–Kier alpha value is -1.48. The lowest BCUT2D eigenvalue weighted by atomic mass is 10.1. The van der Waals surface area contributed by atoms with Crippen molar-refractivity contribution in [2.75, 3.05) is 6.61 Å². The van der Waals surface area contributed by atoms with Crippen LogP contribution < -0.4 is 11.2 Å². The van der Waals surface area contributed by atoms with E-state index in [2.05, 4.69) is 9.97 Å². The van der Waals surface area contributed by atoms with Crippen molar-refractivity contribution < 1.29 is 14.9 Å². The van der Waals surface area contributed by atoms with Crippen molar-refractivity contribution in [1.29, 1.82) is 0 Å². The average molecular weight is 284 g/mol. The predicted molar refractivity (Wildman–Crippen MR) is 68.4 cm³/mol. The van der Waals surface area contributed by atoms with E-state index < -0.39 is 29.6 Å². The molecule has 7 nitrogen and oxygen atoms in total. The molecule has 0 unspecified atom stereocenters. The van der Waals surface area contributed by atoms with Crippen LogP contribution in [0.15, 0.2) is 15.0 Å². The van der Waals surface area contributed by atoms with Crippen LogP contribution >= 0.6 is 11.3 Å². The monoisotopic (exact) mass is 284 g/mol. The van der Waals surface area contributed by atoms with E-state index in [0.717, 1.165) is 0 Å². The van der Waals surface area contributed by atoms with Crippen LogP contribution in [0.1, 0.15) is 18.1 Å². The number of ether oxygens (including phenoxy) is 1. The highest BCUT2D eigenvalue weighted by Crippen LogP contribution is 2.37. The normalized spacial score (nSPS) is 27.2. The molecule has 3 atom stereocenters. The first-order valence-electron chi connectivity index (χ1n) is 5.78. The lowest BCUT2D eigenvalue weighted by Gasteiger charge is -2.11. The molecule has 2 aromatic heterocycles. The first kappa shape index (κ1) is 12.5. The van der Waals surface area contributed by atoms with Gasteiger partial charge in [-0.15, -0.1) is 11.3 Å². The van der Waals surface area contributed by atoms with Gasteiger partial charge in [0.1, 0.15) is 10.8 Å². The molecule has 0 amide bonds. The largest absolute Gasteiger partial charge is 0.394 e. The van der Waals surface area contributed by atoms with E-state index >= 15 is 0 Å². The summed E-state index contributed by atoms with van der Waals surface area (Å²) in [6.07, 6.45) is -1.49. The summed E-state index contributed by atoms with van der Waals surface area (Å²) in [4.78, 5) is 27.7. The van der Waals surface area contributed by atoms with Crippen LogP contribution in [0.2, 0.25) is 0 Å². The van der Waals surface area contributed by atoms with Crippen LogP contribution in [-0.4, -0.2) is 39.0 Å². The summed E-state index contributed by atoms with van der Waals surface area (Å²) in [5.74, 6) is 0. The van der Waals surface area contributed by atoms with Gasteiger partial charge in [0.15, 0.2) is 0 Å². The predicted octanol–water partition coefficient (Wildman–Crippen LogP) is -0.539. The topological polar surface area (TPSA) is 115 Å². The van der Waals surface area contributed by atoms with Gasteiger partial charge in [0.05, 0.1) is 24.3 Å². The minimum absolute atomic E-state index is 0.267. The Kier molecular flexibility index (Phi) is 3.02. The molecule has 102 valence electrons. The molecule has 3 rings (SSSR count).